The number of hydrogen-bond acceptors (Lipinski definition) is 5. The average molecular weight is 364 g/mol. The molecule has 1 aliphatic heterocycles. The monoisotopic (exact) mass is 363 g/mol. The Morgan fingerprint density at radius 1 is 1.17 bits per heavy atom. The van der Waals surface area contributed by atoms with E-state index in [2.05, 4.69) is 11.8 Å². The molecule has 0 bridgehead atoms. The number of thioether (sulfide) groups is 1. The van der Waals surface area contributed by atoms with E-state index in [0.717, 1.165) is 40.5 Å². The van der Waals surface area contributed by atoms with Crippen LogP contribution in [0.2, 0.25) is 0 Å². The summed E-state index contributed by atoms with van der Waals surface area (Å²) in [6.45, 7) is 6.31. The van der Waals surface area contributed by atoms with Crippen LogP contribution in [0.15, 0.2) is 9.95 Å². The van der Waals surface area contributed by atoms with Gasteiger partial charge in [-0.05, 0) is 57.7 Å². The van der Waals surface area contributed by atoms with E-state index in [-0.39, 0.29) is 5.56 Å². The molecule has 2 aromatic rings. The summed E-state index contributed by atoms with van der Waals surface area (Å²) in [7, 11) is 0. The Balaban J connectivity index is 1.57. The summed E-state index contributed by atoms with van der Waals surface area (Å²) >= 11 is 3.50. The number of thiophene rings is 1. The lowest BCUT2D eigenvalue weighted by molar-refractivity contribution is 0.242. The molecule has 0 spiro atoms. The SMILES string of the molecule is CCn1c(SCCN2CCCCC2)nc2sc3c(c2c1=O)CCC3. The third-order valence-electron chi connectivity index (χ3n) is 5.19. The molecule has 0 aromatic carbocycles. The van der Waals surface area contributed by atoms with Crippen molar-refractivity contribution in [2.45, 2.75) is 57.1 Å². The van der Waals surface area contributed by atoms with Gasteiger partial charge in [-0.15, -0.1) is 11.3 Å². The molecule has 4 nitrogen and oxygen atoms in total. The van der Waals surface area contributed by atoms with Crippen LogP contribution in [0.5, 0.6) is 0 Å². The van der Waals surface area contributed by atoms with E-state index in [1.54, 1.807) is 23.1 Å². The van der Waals surface area contributed by atoms with E-state index in [1.165, 1.54) is 49.2 Å². The smallest absolute Gasteiger partial charge is 0.263 e. The second kappa shape index (κ2) is 7.18. The van der Waals surface area contributed by atoms with Gasteiger partial charge in [0.1, 0.15) is 4.83 Å². The average Bonchev–Trinajstić information content (AvgIpc) is 3.16. The predicted molar refractivity (Wildman–Crippen MR) is 103 cm³/mol. The van der Waals surface area contributed by atoms with Crippen LogP contribution >= 0.6 is 23.1 Å². The highest BCUT2D eigenvalue weighted by atomic mass is 32.2. The van der Waals surface area contributed by atoms with Crippen molar-refractivity contribution in [2.24, 2.45) is 0 Å². The molecule has 0 saturated carbocycles. The first-order valence-electron chi connectivity index (χ1n) is 9.18. The zero-order valence-electron chi connectivity index (χ0n) is 14.3. The van der Waals surface area contributed by atoms with Crippen LogP contribution in [0.1, 0.15) is 43.0 Å². The van der Waals surface area contributed by atoms with Crippen LogP contribution in [-0.2, 0) is 19.4 Å². The molecule has 1 aliphatic carbocycles. The van der Waals surface area contributed by atoms with Crippen LogP contribution in [0, 0.1) is 0 Å². The van der Waals surface area contributed by atoms with Crippen LogP contribution < -0.4 is 5.56 Å². The Kier molecular flexibility index (Phi) is 4.97. The number of likely N-dealkylation sites (tertiary alicyclic amines) is 1. The zero-order chi connectivity index (χ0) is 16.5. The van der Waals surface area contributed by atoms with Gasteiger partial charge in [0.2, 0.25) is 0 Å². The molecule has 0 radical (unpaired) electrons. The normalized spacial score (nSPS) is 18.4. The predicted octanol–water partition coefficient (Wildman–Crippen LogP) is 3.54. The fourth-order valence-electron chi connectivity index (χ4n) is 3.90. The molecule has 1 saturated heterocycles. The number of aryl methyl sites for hydroxylation is 2. The highest BCUT2D eigenvalue weighted by molar-refractivity contribution is 7.99. The van der Waals surface area contributed by atoms with Crippen LogP contribution in [0.3, 0.4) is 0 Å². The summed E-state index contributed by atoms with van der Waals surface area (Å²) in [5.74, 6) is 1.02. The summed E-state index contributed by atoms with van der Waals surface area (Å²) < 4.78 is 1.88. The first-order valence-corrected chi connectivity index (χ1v) is 11.0. The zero-order valence-corrected chi connectivity index (χ0v) is 16.0. The Morgan fingerprint density at radius 2 is 2.00 bits per heavy atom. The maximum atomic E-state index is 13.0. The van der Waals surface area contributed by atoms with Crippen molar-refractivity contribution in [1.29, 1.82) is 0 Å². The fraction of sp³-hybridized carbons (Fsp3) is 0.667. The van der Waals surface area contributed by atoms with Crippen molar-refractivity contribution in [1.82, 2.24) is 14.5 Å². The maximum Gasteiger partial charge on any atom is 0.263 e. The van der Waals surface area contributed by atoms with E-state index < -0.39 is 0 Å². The van der Waals surface area contributed by atoms with Gasteiger partial charge in [0.25, 0.3) is 5.56 Å². The standard InChI is InChI=1S/C18H25N3OS2/c1-2-21-17(22)15-13-7-6-8-14(13)24-16(15)19-18(21)23-12-11-20-9-4-3-5-10-20/h2-12H2,1H3. The number of hydrogen-bond donors (Lipinski definition) is 0. The lowest BCUT2D eigenvalue weighted by Gasteiger charge is -2.26. The molecule has 3 heterocycles. The summed E-state index contributed by atoms with van der Waals surface area (Å²) in [4.78, 5) is 22.8. The molecule has 4 rings (SSSR count). The van der Waals surface area contributed by atoms with Gasteiger partial charge in [-0.1, -0.05) is 18.2 Å². The molecule has 0 unspecified atom stereocenters. The number of piperidine rings is 1. The Hall–Kier alpha value is -0.850. The van der Waals surface area contributed by atoms with Gasteiger partial charge in [0.15, 0.2) is 5.16 Å². The largest absolute Gasteiger partial charge is 0.303 e. The minimum absolute atomic E-state index is 0.183. The van der Waals surface area contributed by atoms with Crippen LogP contribution in [-0.4, -0.2) is 39.8 Å². The Labute approximate surface area is 151 Å². The van der Waals surface area contributed by atoms with E-state index in [0.29, 0.717) is 6.54 Å². The van der Waals surface area contributed by atoms with Crippen molar-refractivity contribution >= 4 is 33.3 Å². The molecule has 24 heavy (non-hydrogen) atoms. The van der Waals surface area contributed by atoms with Gasteiger partial charge < -0.3 is 4.90 Å². The number of aromatic nitrogens is 2. The maximum absolute atomic E-state index is 13.0. The lowest BCUT2D eigenvalue weighted by atomic mass is 10.1. The van der Waals surface area contributed by atoms with Gasteiger partial charge in [-0.25, -0.2) is 4.98 Å². The Morgan fingerprint density at radius 3 is 2.79 bits per heavy atom. The van der Waals surface area contributed by atoms with Crippen molar-refractivity contribution in [3.8, 4) is 0 Å². The summed E-state index contributed by atoms with van der Waals surface area (Å²) in [5.41, 5.74) is 1.47. The Bertz CT molecular complexity index is 790. The van der Waals surface area contributed by atoms with Gasteiger partial charge in [-0.3, -0.25) is 9.36 Å². The number of rotatable bonds is 5. The highest BCUT2D eigenvalue weighted by Gasteiger charge is 2.23. The van der Waals surface area contributed by atoms with Crippen molar-refractivity contribution in [2.75, 3.05) is 25.4 Å². The third-order valence-corrected chi connectivity index (χ3v) is 7.34. The van der Waals surface area contributed by atoms with E-state index >= 15 is 0 Å². The second-order valence-electron chi connectivity index (χ2n) is 6.73. The third kappa shape index (κ3) is 3.04. The molecule has 130 valence electrons. The first kappa shape index (κ1) is 16.6. The molecule has 1 fully saturated rings. The minimum atomic E-state index is 0.183. The summed E-state index contributed by atoms with van der Waals surface area (Å²) in [5, 5.41) is 1.82. The van der Waals surface area contributed by atoms with Gasteiger partial charge in [-0.2, -0.15) is 0 Å². The summed E-state index contributed by atoms with van der Waals surface area (Å²) in [6, 6.07) is 0. The van der Waals surface area contributed by atoms with Gasteiger partial charge in [0, 0.05) is 23.7 Å². The van der Waals surface area contributed by atoms with E-state index in [1.807, 2.05) is 4.57 Å². The molecule has 0 atom stereocenters. The molecule has 2 aliphatic rings. The molecular weight excluding hydrogens is 338 g/mol. The van der Waals surface area contributed by atoms with E-state index in [9.17, 15) is 4.79 Å². The highest BCUT2D eigenvalue weighted by Crippen LogP contribution is 2.35. The van der Waals surface area contributed by atoms with Gasteiger partial charge in [0.05, 0.1) is 5.39 Å². The molecule has 6 heteroatoms. The van der Waals surface area contributed by atoms with Crippen molar-refractivity contribution < 1.29 is 0 Å². The van der Waals surface area contributed by atoms with E-state index in [4.69, 9.17) is 4.98 Å². The quantitative estimate of drug-likeness (QED) is 0.601. The lowest BCUT2D eigenvalue weighted by Crippen LogP contribution is -2.31. The molecule has 0 amide bonds. The molecule has 2 aromatic heterocycles. The minimum Gasteiger partial charge on any atom is -0.303 e. The van der Waals surface area contributed by atoms with Crippen LogP contribution in [0.4, 0.5) is 0 Å². The second-order valence-corrected chi connectivity index (χ2v) is 8.88. The molecular formula is C18H25N3OS2. The first-order chi connectivity index (χ1) is 11.8. The summed E-state index contributed by atoms with van der Waals surface area (Å²) in [6.07, 6.45) is 7.40. The topological polar surface area (TPSA) is 38.1 Å². The van der Waals surface area contributed by atoms with Crippen molar-refractivity contribution in [3.05, 3.63) is 20.8 Å². The van der Waals surface area contributed by atoms with Gasteiger partial charge >= 0.3 is 0 Å². The fourth-order valence-corrected chi connectivity index (χ4v) is 6.26. The number of fused-ring (bicyclic) bond motifs is 3. The van der Waals surface area contributed by atoms with Crippen molar-refractivity contribution in [3.63, 3.8) is 0 Å². The number of nitrogens with zero attached hydrogens (tertiary/aromatic N) is 3. The van der Waals surface area contributed by atoms with Crippen LogP contribution in [0.25, 0.3) is 10.2 Å². The molecule has 0 N–H and O–H groups in total.